The molecule has 0 radical (unpaired) electrons. The number of amides is 1. The van der Waals surface area contributed by atoms with Gasteiger partial charge in [0.1, 0.15) is 0 Å². The lowest BCUT2D eigenvalue weighted by molar-refractivity contribution is -0.121. The van der Waals surface area contributed by atoms with Gasteiger partial charge in [-0.2, -0.15) is 0 Å². The van der Waals surface area contributed by atoms with Gasteiger partial charge < -0.3 is 10.1 Å². The van der Waals surface area contributed by atoms with Gasteiger partial charge in [-0.15, -0.1) is 0 Å². The van der Waals surface area contributed by atoms with Gasteiger partial charge in [0, 0.05) is 25.4 Å². The number of hydrogen-bond donors (Lipinski definition) is 1. The Bertz CT molecular complexity index is 381. The molecule has 98 valence electrons. The molecule has 2 unspecified atom stereocenters. The van der Waals surface area contributed by atoms with Crippen LogP contribution in [0.2, 0.25) is 0 Å². The summed E-state index contributed by atoms with van der Waals surface area (Å²) < 4.78 is 5.38. The number of carbonyl (C=O) groups is 1. The molecule has 2 fully saturated rings. The van der Waals surface area contributed by atoms with E-state index >= 15 is 0 Å². The molecule has 0 spiro atoms. The fourth-order valence-electron chi connectivity index (χ4n) is 2.60. The van der Waals surface area contributed by atoms with E-state index in [0.29, 0.717) is 12.5 Å². The highest BCUT2D eigenvalue weighted by molar-refractivity contribution is 5.80. The van der Waals surface area contributed by atoms with Crippen LogP contribution in [0.15, 0.2) is 23.9 Å². The van der Waals surface area contributed by atoms with Crippen molar-refractivity contribution in [3.05, 3.63) is 23.9 Å². The van der Waals surface area contributed by atoms with Gasteiger partial charge in [-0.3, -0.25) is 9.69 Å². The van der Waals surface area contributed by atoms with Gasteiger partial charge in [-0.1, -0.05) is 12.2 Å². The van der Waals surface area contributed by atoms with E-state index in [4.69, 9.17) is 4.74 Å². The Morgan fingerprint density at radius 3 is 3.22 bits per heavy atom. The number of rotatable bonds is 3. The molecular formula is C14H20N2O2. The minimum atomic E-state index is 0.0897. The number of nitrogens with zero attached hydrogens (tertiary/aromatic N) is 1. The average molecular weight is 248 g/mol. The summed E-state index contributed by atoms with van der Waals surface area (Å²) in [6.45, 7) is 3.83. The molecule has 1 N–H and O–H groups in total. The number of nitrogens with one attached hydrogen (secondary N) is 1. The van der Waals surface area contributed by atoms with Crippen LogP contribution in [-0.2, 0) is 9.53 Å². The largest absolute Gasteiger partial charge is 0.380 e. The van der Waals surface area contributed by atoms with Crippen LogP contribution >= 0.6 is 0 Å². The molecule has 4 heteroatoms. The standard InChI is InChI=1S/C14H20N2O2/c17-14(10-16-4-1-6-18-7-5-16)15-13-3-2-11-8-12(11)9-13/h2-3,9,11-12H,1,4-8,10H2,(H,15,17). The molecule has 2 aliphatic carbocycles. The average Bonchev–Trinajstić information content (AvgIpc) is 3.12. The summed E-state index contributed by atoms with van der Waals surface area (Å²) in [5.41, 5.74) is 0.977. The Labute approximate surface area is 108 Å². The van der Waals surface area contributed by atoms with Crippen LogP contribution in [0.4, 0.5) is 0 Å². The highest BCUT2D eigenvalue weighted by Crippen LogP contribution is 2.43. The van der Waals surface area contributed by atoms with Crippen molar-refractivity contribution in [3.63, 3.8) is 0 Å². The van der Waals surface area contributed by atoms with E-state index in [9.17, 15) is 4.79 Å². The molecule has 1 heterocycles. The maximum Gasteiger partial charge on any atom is 0.238 e. The zero-order valence-electron chi connectivity index (χ0n) is 10.6. The molecule has 4 nitrogen and oxygen atoms in total. The van der Waals surface area contributed by atoms with E-state index in [1.807, 2.05) is 6.08 Å². The summed E-state index contributed by atoms with van der Waals surface area (Å²) in [7, 11) is 0. The van der Waals surface area contributed by atoms with Gasteiger partial charge >= 0.3 is 0 Å². The lowest BCUT2D eigenvalue weighted by atomic mass is 10.1. The normalized spacial score (nSPS) is 31.2. The van der Waals surface area contributed by atoms with Crippen LogP contribution < -0.4 is 5.32 Å². The number of ether oxygens (including phenoxy) is 1. The Kier molecular flexibility index (Phi) is 3.48. The van der Waals surface area contributed by atoms with Crippen molar-refractivity contribution in [2.45, 2.75) is 12.8 Å². The number of allylic oxidation sites excluding steroid dienone is 3. The summed E-state index contributed by atoms with van der Waals surface area (Å²) in [5, 5.41) is 3.00. The second kappa shape index (κ2) is 5.24. The molecule has 0 aromatic carbocycles. The molecule has 18 heavy (non-hydrogen) atoms. The van der Waals surface area contributed by atoms with E-state index < -0.39 is 0 Å². The van der Waals surface area contributed by atoms with E-state index in [-0.39, 0.29) is 5.91 Å². The molecule has 1 amide bonds. The van der Waals surface area contributed by atoms with Gasteiger partial charge in [-0.05, 0) is 30.8 Å². The maximum absolute atomic E-state index is 11.9. The Morgan fingerprint density at radius 2 is 2.33 bits per heavy atom. The molecular weight excluding hydrogens is 228 g/mol. The van der Waals surface area contributed by atoms with E-state index in [0.717, 1.165) is 44.3 Å². The van der Waals surface area contributed by atoms with Gasteiger partial charge in [-0.25, -0.2) is 0 Å². The molecule has 3 aliphatic rings. The highest BCUT2D eigenvalue weighted by Gasteiger charge is 2.35. The molecule has 3 rings (SSSR count). The third-order valence-corrected chi connectivity index (χ3v) is 3.77. The molecule has 0 aromatic heterocycles. The molecule has 0 bridgehead atoms. The number of fused-ring (bicyclic) bond motifs is 1. The van der Waals surface area contributed by atoms with Crippen LogP contribution in [0.3, 0.4) is 0 Å². The van der Waals surface area contributed by atoms with Crippen molar-refractivity contribution in [2.24, 2.45) is 11.8 Å². The Hall–Kier alpha value is -1.13. The maximum atomic E-state index is 11.9. The topological polar surface area (TPSA) is 41.6 Å². The first-order chi connectivity index (χ1) is 8.81. The fourth-order valence-corrected chi connectivity index (χ4v) is 2.60. The Balaban J connectivity index is 1.47. The van der Waals surface area contributed by atoms with Gasteiger partial charge in [0.15, 0.2) is 0 Å². The first kappa shape index (κ1) is 11.9. The number of hydrogen-bond acceptors (Lipinski definition) is 3. The minimum absolute atomic E-state index is 0.0897. The number of carbonyl (C=O) groups excluding carboxylic acids is 1. The quantitative estimate of drug-likeness (QED) is 0.807. The SMILES string of the molecule is O=C(CN1CCCOCC1)NC1=CC2CC2C=C1. The van der Waals surface area contributed by atoms with E-state index in [2.05, 4.69) is 22.4 Å². The van der Waals surface area contributed by atoms with Gasteiger partial charge in [0.25, 0.3) is 0 Å². The first-order valence-corrected chi connectivity index (χ1v) is 6.81. The summed E-state index contributed by atoms with van der Waals surface area (Å²) in [5.74, 6) is 1.51. The smallest absolute Gasteiger partial charge is 0.238 e. The van der Waals surface area contributed by atoms with Gasteiger partial charge in [0.05, 0.1) is 13.2 Å². The monoisotopic (exact) mass is 248 g/mol. The lowest BCUT2D eigenvalue weighted by Gasteiger charge is -2.18. The first-order valence-electron chi connectivity index (χ1n) is 6.81. The molecule has 1 saturated carbocycles. The lowest BCUT2D eigenvalue weighted by Crippen LogP contribution is -2.38. The molecule has 0 aromatic rings. The Morgan fingerprint density at radius 1 is 1.39 bits per heavy atom. The van der Waals surface area contributed by atoms with Crippen molar-refractivity contribution in [1.29, 1.82) is 0 Å². The third-order valence-electron chi connectivity index (χ3n) is 3.77. The van der Waals surface area contributed by atoms with Crippen LogP contribution in [0, 0.1) is 11.8 Å². The zero-order chi connectivity index (χ0) is 12.4. The van der Waals surface area contributed by atoms with E-state index in [1.165, 1.54) is 6.42 Å². The highest BCUT2D eigenvalue weighted by atomic mass is 16.5. The fraction of sp³-hybridized carbons (Fsp3) is 0.643. The van der Waals surface area contributed by atoms with Crippen molar-refractivity contribution in [1.82, 2.24) is 10.2 Å². The zero-order valence-corrected chi connectivity index (χ0v) is 10.6. The summed E-state index contributed by atoms with van der Waals surface area (Å²) in [4.78, 5) is 14.1. The van der Waals surface area contributed by atoms with Crippen molar-refractivity contribution >= 4 is 5.91 Å². The second-order valence-electron chi connectivity index (χ2n) is 5.33. The summed E-state index contributed by atoms with van der Waals surface area (Å²) in [6.07, 6.45) is 8.70. The van der Waals surface area contributed by atoms with Crippen LogP contribution in [-0.4, -0.2) is 43.7 Å². The van der Waals surface area contributed by atoms with Crippen molar-refractivity contribution in [2.75, 3.05) is 32.8 Å². The predicted molar refractivity (Wildman–Crippen MR) is 68.8 cm³/mol. The van der Waals surface area contributed by atoms with Crippen LogP contribution in [0.25, 0.3) is 0 Å². The van der Waals surface area contributed by atoms with E-state index in [1.54, 1.807) is 0 Å². The van der Waals surface area contributed by atoms with Gasteiger partial charge in [0.2, 0.25) is 5.91 Å². The van der Waals surface area contributed by atoms with Crippen LogP contribution in [0.1, 0.15) is 12.8 Å². The molecule has 1 aliphatic heterocycles. The van der Waals surface area contributed by atoms with Crippen LogP contribution in [0.5, 0.6) is 0 Å². The second-order valence-corrected chi connectivity index (χ2v) is 5.33. The summed E-state index contributed by atoms with van der Waals surface area (Å²) in [6, 6.07) is 0. The van der Waals surface area contributed by atoms with Crippen molar-refractivity contribution < 1.29 is 9.53 Å². The minimum Gasteiger partial charge on any atom is -0.380 e. The summed E-state index contributed by atoms with van der Waals surface area (Å²) >= 11 is 0. The predicted octanol–water partition coefficient (Wildman–Crippen LogP) is 0.915. The molecule has 1 saturated heterocycles. The third kappa shape index (κ3) is 3.00. The van der Waals surface area contributed by atoms with Crippen molar-refractivity contribution in [3.8, 4) is 0 Å². The molecule has 2 atom stereocenters.